The molecule has 0 atom stereocenters. The summed E-state index contributed by atoms with van der Waals surface area (Å²) in [6.45, 7) is 1.73. The molecule has 7 heteroatoms. The third kappa shape index (κ3) is 4.63. The first kappa shape index (κ1) is 23.4. The van der Waals surface area contributed by atoms with E-state index in [9.17, 15) is 14.4 Å². The first-order chi connectivity index (χ1) is 16.9. The van der Waals surface area contributed by atoms with Crippen molar-refractivity contribution in [1.82, 2.24) is 5.32 Å². The zero-order chi connectivity index (χ0) is 24.5. The third-order valence-electron chi connectivity index (χ3n) is 6.86. The lowest BCUT2D eigenvalue weighted by Gasteiger charge is -2.37. The van der Waals surface area contributed by atoms with Gasteiger partial charge >= 0.3 is 0 Å². The van der Waals surface area contributed by atoms with Crippen molar-refractivity contribution in [3.05, 3.63) is 81.2 Å². The van der Waals surface area contributed by atoms with E-state index < -0.39 is 5.92 Å². The Balaban J connectivity index is 1.39. The summed E-state index contributed by atoms with van der Waals surface area (Å²) in [5.41, 5.74) is 5.73. The number of carbonyl (C=O) groups is 3. The summed E-state index contributed by atoms with van der Waals surface area (Å²) in [6.07, 6.45) is 4.19. The Morgan fingerprint density at radius 3 is 2.29 bits per heavy atom. The van der Waals surface area contributed by atoms with Gasteiger partial charge in [-0.1, -0.05) is 35.9 Å². The number of ketones is 2. The second-order valence-electron chi connectivity index (χ2n) is 9.24. The van der Waals surface area contributed by atoms with E-state index in [1.807, 2.05) is 37.3 Å². The first-order valence-electron chi connectivity index (χ1n) is 12.0. The third-order valence-corrected chi connectivity index (χ3v) is 7.15. The highest BCUT2D eigenvalue weighted by atomic mass is 35.5. The minimum absolute atomic E-state index is 0.0815. The number of amides is 1. The Hall–Kier alpha value is -3.38. The molecule has 0 radical (unpaired) electrons. The molecule has 0 aromatic heterocycles. The summed E-state index contributed by atoms with van der Waals surface area (Å²) < 4.78 is 5.69. The van der Waals surface area contributed by atoms with Crippen molar-refractivity contribution in [2.24, 2.45) is 0 Å². The monoisotopic (exact) mass is 490 g/mol. The lowest BCUT2D eigenvalue weighted by molar-refractivity contribution is -0.118. The van der Waals surface area contributed by atoms with Crippen LogP contribution in [0, 0.1) is 6.92 Å². The number of Topliss-reactive ketones (excluding diaryl/α,β-unsaturated/α-hetero) is 2. The number of aryl methyl sites for hydroxylation is 1. The highest BCUT2D eigenvalue weighted by Crippen LogP contribution is 2.46. The number of hydrogen-bond donors (Lipinski definition) is 2. The fourth-order valence-electron chi connectivity index (χ4n) is 5.17. The summed E-state index contributed by atoms with van der Waals surface area (Å²) in [5, 5.41) is 6.58. The normalized spacial score (nSPS) is 18.1. The maximum absolute atomic E-state index is 13.0. The molecule has 2 aromatic rings. The summed E-state index contributed by atoms with van der Waals surface area (Å²) >= 11 is 6.57. The molecular formula is C28H27ClN2O4. The molecule has 1 aliphatic heterocycles. The van der Waals surface area contributed by atoms with E-state index in [-0.39, 0.29) is 24.1 Å². The van der Waals surface area contributed by atoms with E-state index in [2.05, 4.69) is 10.6 Å². The van der Waals surface area contributed by atoms with Crippen molar-refractivity contribution >= 4 is 34.8 Å². The minimum atomic E-state index is -0.419. The van der Waals surface area contributed by atoms with Crippen LogP contribution in [-0.2, 0) is 14.4 Å². The van der Waals surface area contributed by atoms with Gasteiger partial charge in [-0.3, -0.25) is 14.4 Å². The quantitative estimate of drug-likeness (QED) is 0.588. The molecule has 0 fully saturated rings. The Morgan fingerprint density at radius 1 is 1.00 bits per heavy atom. The smallest absolute Gasteiger partial charge is 0.262 e. The molecule has 0 saturated carbocycles. The standard InChI is InChI=1S/C28H27ClN2O4/c1-16-6-2-3-7-19(16)31-25(34)15-35-24-13-12-17(14-18(24)29)26-27-20(8-4-10-22(27)32)30-21-9-5-11-23(33)28(21)26/h2-3,6-7,12-14,26,30H,4-5,8-11,15H2,1H3,(H,31,34). The topological polar surface area (TPSA) is 84.5 Å². The molecular weight excluding hydrogens is 464 g/mol. The van der Waals surface area contributed by atoms with Gasteiger partial charge in [0.1, 0.15) is 5.75 Å². The van der Waals surface area contributed by atoms with Gasteiger partial charge in [0.2, 0.25) is 0 Å². The molecule has 0 saturated heterocycles. The van der Waals surface area contributed by atoms with Crippen LogP contribution in [0.5, 0.6) is 5.75 Å². The molecule has 1 heterocycles. The first-order valence-corrected chi connectivity index (χ1v) is 12.4. The van der Waals surface area contributed by atoms with Crippen molar-refractivity contribution in [3.63, 3.8) is 0 Å². The van der Waals surface area contributed by atoms with E-state index in [0.29, 0.717) is 34.8 Å². The molecule has 6 nitrogen and oxygen atoms in total. The average Bonchev–Trinajstić information content (AvgIpc) is 2.84. The number of para-hydroxylation sites is 1. The van der Waals surface area contributed by atoms with Crippen LogP contribution in [0.4, 0.5) is 5.69 Å². The second kappa shape index (κ2) is 9.70. The predicted octanol–water partition coefficient (Wildman–Crippen LogP) is 5.37. The van der Waals surface area contributed by atoms with Gasteiger partial charge < -0.3 is 15.4 Å². The number of hydrogen-bond acceptors (Lipinski definition) is 5. The number of allylic oxidation sites excluding steroid dienone is 4. The van der Waals surface area contributed by atoms with E-state index in [1.54, 1.807) is 12.1 Å². The van der Waals surface area contributed by atoms with Crippen LogP contribution in [0.3, 0.4) is 0 Å². The molecule has 35 heavy (non-hydrogen) atoms. The van der Waals surface area contributed by atoms with Gasteiger partial charge in [0, 0.05) is 47.0 Å². The SMILES string of the molecule is Cc1ccccc1NC(=O)COc1ccc(C2C3=C(CCCC3=O)NC3=C2C(=O)CCC3)cc1Cl. The Kier molecular flexibility index (Phi) is 6.48. The molecule has 2 N–H and O–H groups in total. The number of ether oxygens (including phenoxy) is 1. The van der Waals surface area contributed by atoms with Crippen molar-refractivity contribution in [1.29, 1.82) is 0 Å². The Bertz CT molecular complexity index is 1250. The van der Waals surface area contributed by atoms with Crippen LogP contribution in [0.15, 0.2) is 65.0 Å². The molecule has 0 bridgehead atoms. The van der Waals surface area contributed by atoms with Gasteiger partial charge in [0.15, 0.2) is 18.2 Å². The average molecular weight is 491 g/mol. The maximum atomic E-state index is 13.0. The lowest BCUT2D eigenvalue weighted by Crippen LogP contribution is -2.36. The fraction of sp³-hybridized carbons (Fsp3) is 0.321. The summed E-state index contributed by atoms with van der Waals surface area (Å²) in [4.78, 5) is 38.3. The molecule has 0 spiro atoms. The van der Waals surface area contributed by atoms with Gasteiger partial charge in [0.25, 0.3) is 5.91 Å². The number of rotatable bonds is 5. The van der Waals surface area contributed by atoms with E-state index in [0.717, 1.165) is 53.9 Å². The Labute approximate surface area is 209 Å². The Morgan fingerprint density at radius 2 is 1.66 bits per heavy atom. The van der Waals surface area contributed by atoms with Crippen LogP contribution >= 0.6 is 11.6 Å². The van der Waals surface area contributed by atoms with Gasteiger partial charge in [-0.2, -0.15) is 0 Å². The van der Waals surface area contributed by atoms with Crippen LogP contribution in [0.1, 0.15) is 55.6 Å². The summed E-state index contributed by atoms with van der Waals surface area (Å²) in [7, 11) is 0. The van der Waals surface area contributed by atoms with Crippen LogP contribution in [0.2, 0.25) is 5.02 Å². The van der Waals surface area contributed by atoms with Gasteiger partial charge in [-0.15, -0.1) is 0 Å². The zero-order valence-corrected chi connectivity index (χ0v) is 20.3. The molecule has 180 valence electrons. The highest BCUT2D eigenvalue weighted by Gasteiger charge is 2.40. The predicted molar refractivity (Wildman–Crippen MR) is 134 cm³/mol. The lowest BCUT2D eigenvalue weighted by atomic mass is 9.71. The number of carbonyl (C=O) groups excluding carboxylic acids is 3. The molecule has 0 unspecified atom stereocenters. The second-order valence-corrected chi connectivity index (χ2v) is 9.64. The minimum Gasteiger partial charge on any atom is -0.482 e. The van der Waals surface area contributed by atoms with Gasteiger partial charge in [-0.05, 0) is 61.9 Å². The van der Waals surface area contributed by atoms with Gasteiger partial charge in [-0.25, -0.2) is 0 Å². The van der Waals surface area contributed by atoms with Crippen molar-refractivity contribution < 1.29 is 19.1 Å². The van der Waals surface area contributed by atoms with Crippen LogP contribution in [0.25, 0.3) is 0 Å². The van der Waals surface area contributed by atoms with Crippen LogP contribution in [-0.4, -0.2) is 24.1 Å². The number of anilines is 1. The fourth-order valence-corrected chi connectivity index (χ4v) is 5.42. The van der Waals surface area contributed by atoms with Crippen LogP contribution < -0.4 is 15.4 Å². The van der Waals surface area contributed by atoms with E-state index >= 15 is 0 Å². The zero-order valence-electron chi connectivity index (χ0n) is 19.6. The number of benzene rings is 2. The molecule has 3 aliphatic rings. The molecule has 2 aliphatic carbocycles. The molecule has 1 amide bonds. The maximum Gasteiger partial charge on any atom is 0.262 e. The summed E-state index contributed by atoms with van der Waals surface area (Å²) in [5.74, 6) is -0.172. The van der Waals surface area contributed by atoms with E-state index in [1.165, 1.54) is 0 Å². The largest absolute Gasteiger partial charge is 0.482 e. The van der Waals surface area contributed by atoms with Gasteiger partial charge in [0.05, 0.1) is 5.02 Å². The van der Waals surface area contributed by atoms with E-state index in [4.69, 9.17) is 16.3 Å². The number of dihydropyridines is 1. The number of nitrogens with one attached hydrogen (secondary N) is 2. The number of halogens is 1. The highest BCUT2D eigenvalue weighted by molar-refractivity contribution is 6.32. The van der Waals surface area contributed by atoms with Crippen molar-refractivity contribution in [2.45, 2.75) is 51.4 Å². The van der Waals surface area contributed by atoms with Crippen molar-refractivity contribution in [2.75, 3.05) is 11.9 Å². The molecule has 2 aromatic carbocycles. The van der Waals surface area contributed by atoms with Crippen molar-refractivity contribution in [3.8, 4) is 5.75 Å². The molecule has 5 rings (SSSR count). The summed E-state index contributed by atoms with van der Waals surface area (Å²) in [6, 6.07) is 12.8.